The Labute approximate surface area is 133 Å². The highest BCUT2D eigenvalue weighted by atomic mass is 32.9. The molecule has 0 saturated heterocycles. The van der Waals surface area contributed by atoms with Crippen LogP contribution in [0.25, 0.3) is 0 Å². The van der Waals surface area contributed by atoms with Crippen LogP contribution in [0.3, 0.4) is 0 Å². The van der Waals surface area contributed by atoms with Crippen LogP contribution >= 0.6 is 17.1 Å². The van der Waals surface area contributed by atoms with Gasteiger partial charge >= 0.3 is 0 Å². The molecule has 120 valence electrons. The summed E-state index contributed by atoms with van der Waals surface area (Å²) >= 11 is 7.29. The number of unbranched alkanes of at least 4 members (excludes halogenated alkanes) is 2. The quantitative estimate of drug-likeness (QED) is 0.453. The highest BCUT2D eigenvalue weighted by Crippen LogP contribution is 2.64. The zero-order chi connectivity index (χ0) is 14.8. The lowest BCUT2D eigenvalue weighted by atomic mass is 9.97. The van der Waals surface area contributed by atoms with Crippen molar-refractivity contribution in [3.8, 4) is 0 Å². The molecule has 0 aromatic carbocycles. The van der Waals surface area contributed by atoms with Crippen molar-refractivity contribution in [3.63, 3.8) is 0 Å². The first-order chi connectivity index (χ1) is 9.61. The van der Waals surface area contributed by atoms with E-state index in [4.69, 9.17) is 20.9 Å². The van der Waals surface area contributed by atoms with E-state index in [9.17, 15) is 5.11 Å². The van der Waals surface area contributed by atoms with Gasteiger partial charge in [-0.2, -0.15) is 0 Å². The third kappa shape index (κ3) is 7.24. The van der Waals surface area contributed by atoms with Crippen LogP contribution in [0.5, 0.6) is 0 Å². The van der Waals surface area contributed by atoms with Gasteiger partial charge in [0.05, 0.1) is 19.3 Å². The Morgan fingerprint density at radius 3 is 2.15 bits per heavy atom. The summed E-state index contributed by atoms with van der Waals surface area (Å²) in [7, 11) is 0. The number of aliphatic hydroxyl groups is 1. The van der Waals surface area contributed by atoms with Crippen molar-refractivity contribution in [1.29, 1.82) is 0 Å². The van der Waals surface area contributed by atoms with Gasteiger partial charge in [-0.15, -0.1) is 0 Å². The van der Waals surface area contributed by atoms with E-state index in [0.29, 0.717) is 13.2 Å². The Hall–Kier alpha value is 0.880. The molecule has 1 fully saturated rings. The lowest BCUT2D eigenvalue weighted by Crippen LogP contribution is -2.26. The Morgan fingerprint density at radius 1 is 1.10 bits per heavy atom. The summed E-state index contributed by atoms with van der Waals surface area (Å²) < 4.78 is 11.8. The van der Waals surface area contributed by atoms with Crippen LogP contribution in [0.1, 0.15) is 65.2 Å². The molecule has 0 aromatic rings. The minimum absolute atomic E-state index is 0.192. The molecule has 0 aliphatic heterocycles. The van der Waals surface area contributed by atoms with Crippen molar-refractivity contribution in [2.24, 2.45) is 0 Å². The first-order valence-corrected chi connectivity index (χ1v) is 12.0. The van der Waals surface area contributed by atoms with Gasteiger partial charge in [-0.3, -0.25) is 0 Å². The van der Waals surface area contributed by atoms with Gasteiger partial charge in [0.25, 0.3) is 0 Å². The molecule has 0 amide bonds. The Balaban J connectivity index is 2.52. The third-order valence-electron chi connectivity index (χ3n) is 3.43. The van der Waals surface area contributed by atoms with Gasteiger partial charge < -0.3 is 14.2 Å². The summed E-state index contributed by atoms with van der Waals surface area (Å²) in [4.78, 5) is 0. The van der Waals surface area contributed by atoms with Crippen LogP contribution in [-0.4, -0.2) is 29.7 Å². The maximum absolute atomic E-state index is 10.1. The molecule has 1 rings (SSSR count). The molecule has 20 heavy (non-hydrogen) atoms. The molecule has 1 aliphatic rings. The maximum Gasteiger partial charge on any atom is 0.247 e. The van der Waals surface area contributed by atoms with E-state index in [1.165, 1.54) is 6.42 Å². The second kappa shape index (κ2) is 10.6. The SMILES string of the molecule is CCCCOP(=S)(OCCCC)S[C@H]1CCCC[C@@H]1O. The third-order valence-corrected chi connectivity index (χ3v) is 9.13. The maximum atomic E-state index is 10.1. The van der Waals surface area contributed by atoms with E-state index < -0.39 is 5.69 Å². The van der Waals surface area contributed by atoms with Gasteiger partial charge in [-0.05, 0) is 37.5 Å². The van der Waals surface area contributed by atoms with Crippen LogP contribution in [0.4, 0.5) is 0 Å². The topological polar surface area (TPSA) is 38.7 Å². The molecule has 0 spiro atoms. The van der Waals surface area contributed by atoms with Crippen LogP contribution in [-0.2, 0) is 20.9 Å². The molecular weight excluding hydrogens is 311 g/mol. The molecule has 0 unspecified atom stereocenters. The highest BCUT2D eigenvalue weighted by Gasteiger charge is 2.31. The molecule has 1 N–H and O–H groups in total. The zero-order valence-electron chi connectivity index (χ0n) is 12.8. The van der Waals surface area contributed by atoms with E-state index >= 15 is 0 Å². The number of rotatable bonds is 10. The Morgan fingerprint density at radius 2 is 1.65 bits per heavy atom. The normalized spacial score (nSPS) is 23.9. The molecular formula is C14H29O3PS2. The molecule has 0 heterocycles. The average molecular weight is 340 g/mol. The van der Waals surface area contributed by atoms with Crippen molar-refractivity contribution >= 4 is 28.9 Å². The highest BCUT2D eigenvalue weighted by molar-refractivity contribution is 8.68. The van der Waals surface area contributed by atoms with E-state index in [-0.39, 0.29) is 11.4 Å². The van der Waals surface area contributed by atoms with Gasteiger partial charge in [-0.1, -0.05) is 50.9 Å². The average Bonchev–Trinajstić information content (AvgIpc) is 2.42. The first kappa shape index (κ1) is 18.9. The fourth-order valence-corrected chi connectivity index (χ4v) is 7.87. The summed E-state index contributed by atoms with van der Waals surface area (Å²) in [6, 6.07) is 0. The summed E-state index contributed by atoms with van der Waals surface area (Å²) in [6.45, 7) is 5.64. The van der Waals surface area contributed by atoms with Crippen LogP contribution in [0.15, 0.2) is 0 Å². The van der Waals surface area contributed by atoms with Gasteiger partial charge in [-0.25, -0.2) is 0 Å². The fraction of sp³-hybridized carbons (Fsp3) is 1.00. The van der Waals surface area contributed by atoms with E-state index in [1.54, 1.807) is 11.4 Å². The van der Waals surface area contributed by atoms with Gasteiger partial charge in [0.15, 0.2) is 0 Å². The lowest BCUT2D eigenvalue weighted by Gasteiger charge is -2.31. The minimum Gasteiger partial charge on any atom is -0.392 e. The number of aliphatic hydroxyl groups excluding tert-OH is 1. The van der Waals surface area contributed by atoms with Crippen LogP contribution in [0.2, 0.25) is 0 Å². The van der Waals surface area contributed by atoms with Crippen molar-refractivity contribution in [3.05, 3.63) is 0 Å². The van der Waals surface area contributed by atoms with E-state index in [0.717, 1.165) is 44.9 Å². The summed E-state index contributed by atoms with van der Waals surface area (Å²) in [5, 5.41) is 10.3. The van der Waals surface area contributed by atoms with Crippen LogP contribution in [0, 0.1) is 0 Å². The van der Waals surface area contributed by atoms with Crippen molar-refractivity contribution in [2.75, 3.05) is 13.2 Å². The molecule has 1 aliphatic carbocycles. The van der Waals surface area contributed by atoms with E-state index in [1.807, 2.05) is 0 Å². The number of hydrogen-bond acceptors (Lipinski definition) is 5. The van der Waals surface area contributed by atoms with E-state index in [2.05, 4.69) is 13.8 Å². The van der Waals surface area contributed by atoms with Crippen molar-refractivity contribution < 1.29 is 14.2 Å². The van der Waals surface area contributed by atoms with Gasteiger partial charge in [0, 0.05) is 5.25 Å². The van der Waals surface area contributed by atoms with Gasteiger partial charge in [0.2, 0.25) is 5.69 Å². The summed E-state index contributed by atoms with van der Waals surface area (Å²) in [6.07, 6.45) is 8.19. The van der Waals surface area contributed by atoms with Crippen LogP contribution < -0.4 is 0 Å². The predicted octanol–water partition coefficient (Wildman–Crippen LogP) is 4.88. The molecule has 0 radical (unpaired) electrons. The minimum atomic E-state index is -2.29. The molecule has 2 atom stereocenters. The largest absolute Gasteiger partial charge is 0.392 e. The second-order valence-corrected chi connectivity index (χ2v) is 11.8. The molecule has 0 aromatic heterocycles. The number of hydrogen-bond donors (Lipinski definition) is 1. The lowest BCUT2D eigenvalue weighted by molar-refractivity contribution is 0.137. The van der Waals surface area contributed by atoms with Crippen molar-refractivity contribution in [2.45, 2.75) is 76.6 Å². The molecule has 0 bridgehead atoms. The standard InChI is InChI=1S/C14H29O3PS2/c1-3-5-11-16-18(19,17-12-6-4-2)20-14-10-8-7-9-13(14)15/h13-15H,3-12H2,1-2H3/t13-,14-/m0/s1. The predicted molar refractivity (Wildman–Crippen MR) is 91.9 cm³/mol. The first-order valence-electron chi connectivity index (χ1n) is 7.87. The Kier molecular flexibility index (Phi) is 10.0. The zero-order valence-corrected chi connectivity index (χ0v) is 15.3. The summed E-state index contributed by atoms with van der Waals surface area (Å²) in [5.74, 6) is 0. The molecule has 6 heteroatoms. The molecule has 3 nitrogen and oxygen atoms in total. The monoisotopic (exact) mass is 340 g/mol. The van der Waals surface area contributed by atoms with Gasteiger partial charge in [0.1, 0.15) is 0 Å². The summed E-state index contributed by atoms with van der Waals surface area (Å²) in [5.41, 5.74) is -2.29. The van der Waals surface area contributed by atoms with Crippen molar-refractivity contribution in [1.82, 2.24) is 0 Å². The fourth-order valence-electron chi connectivity index (χ4n) is 2.11. The Bertz CT molecular complexity index is 288. The molecule has 1 saturated carbocycles. The second-order valence-electron chi connectivity index (χ2n) is 5.32. The smallest absolute Gasteiger partial charge is 0.247 e.